The van der Waals surface area contributed by atoms with Crippen LogP contribution in [0.5, 0.6) is 0 Å². The molecule has 0 saturated heterocycles. The molecule has 2 aliphatic carbocycles. The van der Waals surface area contributed by atoms with Crippen molar-refractivity contribution in [2.75, 3.05) is 0 Å². The molecule has 2 nitrogen and oxygen atoms in total. The van der Waals surface area contributed by atoms with Gasteiger partial charge in [-0.3, -0.25) is 0 Å². The normalized spacial score (nSPS) is 17.6. The van der Waals surface area contributed by atoms with Crippen LogP contribution in [0.3, 0.4) is 0 Å². The van der Waals surface area contributed by atoms with E-state index in [2.05, 4.69) is 195 Å². The van der Waals surface area contributed by atoms with E-state index in [1.807, 2.05) is 32.7 Å². The van der Waals surface area contributed by atoms with Crippen molar-refractivity contribution in [3.63, 3.8) is 0 Å². The number of benzene rings is 4. The van der Waals surface area contributed by atoms with E-state index in [4.69, 9.17) is 8.39 Å². The Bertz CT molecular complexity index is 2230. The number of allylic oxidation sites excluding steroid dienone is 17. The molecule has 1 unspecified atom stereocenters. The second-order valence-electron chi connectivity index (χ2n) is 14.2. The molecule has 7 rings (SSSR count). The lowest BCUT2D eigenvalue weighted by Gasteiger charge is -2.09. The zero-order valence-electron chi connectivity index (χ0n) is 36.4. The lowest BCUT2D eigenvalue weighted by molar-refractivity contribution is 0.644. The van der Waals surface area contributed by atoms with E-state index in [0.29, 0.717) is 11.8 Å². The fourth-order valence-electron chi connectivity index (χ4n) is 6.48. The van der Waals surface area contributed by atoms with Crippen LogP contribution in [0.25, 0.3) is 43.5 Å². The van der Waals surface area contributed by atoms with E-state index in [9.17, 15) is 0 Å². The molecule has 4 aromatic carbocycles. The van der Waals surface area contributed by atoms with Crippen molar-refractivity contribution in [1.29, 1.82) is 0 Å². The first kappa shape index (κ1) is 46.3. The number of fused-ring (bicyclic) bond motifs is 7. The minimum Gasteiger partial charge on any atom is -0.419 e. The third kappa shape index (κ3) is 14.1. The van der Waals surface area contributed by atoms with E-state index in [-0.39, 0.29) is 0 Å². The molecule has 2 aliphatic rings. The first-order chi connectivity index (χ1) is 27.7. The van der Waals surface area contributed by atoms with Gasteiger partial charge in [0.25, 0.3) is 0 Å². The predicted octanol–water partition coefficient (Wildman–Crippen LogP) is 18.2. The molecule has 0 N–H and O–H groups in total. The minimum absolute atomic E-state index is 0.528. The Labute approximate surface area is 345 Å². The maximum absolute atomic E-state index is 6.14. The summed E-state index contributed by atoms with van der Waals surface area (Å²) < 4.78 is 12.3. The van der Waals surface area contributed by atoms with E-state index in [1.165, 1.54) is 50.3 Å². The minimum atomic E-state index is -1.00. The molecule has 0 bridgehead atoms. The second-order valence-corrected chi connectivity index (χ2v) is 15.5. The molecule has 1 aromatic heterocycles. The maximum atomic E-state index is 6.14. The van der Waals surface area contributed by atoms with Crippen LogP contribution in [0.15, 0.2) is 189 Å². The van der Waals surface area contributed by atoms with Crippen LogP contribution >= 0.6 is 8.01 Å². The highest BCUT2D eigenvalue weighted by molar-refractivity contribution is 7.35. The Morgan fingerprint density at radius 1 is 0.789 bits per heavy atom. The summed E-state index contributed by atoms with van der Waals surface area (Å²) in [6.07, 6.45) is 32.7. The standard InChI is InChI=1S/C21H15O2P.C14H20.C14H18.C3H8.C2H6/c1-24-22-18-12-10-14-6-2-4-8-16(14)20(18)21-17-9-5-3-7-15(17)11-13-19(21)23-24;1-12(2)14-10-8-6-4-5-7-9-13(3)11-14;1-4-6-9-14-10-7-8-13(5-2)11-12(14)3;1-3-2;1-2/h2-13H,1H3;4-5,7-13H,6H2,1-3H3;4,6,8-11H,1,5,7H2,2-3H3;3H2,1-2H3;1-2H3/b;5-4-,9-7-,10-8-,14-11+;9-6-;;. The molecule has 1 heterocycles. The highest BCUT2D eigenvalue weighted by Crippen LogP contribution is 2.39. The highest BCUT2D eigenvalue weighted by Gasteiger charge is 2.11. The Hall–Kier alpha value is -5.04. The molecule has 5 aromatic rings. The molecule has 300 valence electrons. The van der Waals surface area contributed by atoms with Gasteiger partial charge < -0.3 is 8.39 Å². The van der Waals surface area contributed by atoms with Crippen LogP contribution in [0.1, 0.15) is 88.0 Å². The Balaban J connectivity index is 0.000000229. The van der Waals surface area contributed by atoms with Gasteiger partial charge in [0.1, 0.15) is 11.2 Å². The molecule has 1 atom stereocenters. The van der Waals surface area contributed by atoms with E-state index in [0.717, 1.165) is 41.2 Å². The fraction of sp³-hybridized carbons (Fsp3) is 0.296. The van der Waals surface area contributed by atoms with Gasteiger partial charge in [-0.1, -0.05) is 214 Å². The quantitative estimate of drug-likeness (QED) is 0.170. The molecule has 0 amide bonds. The van der Waals surface area contributed by atoms with E-state index in [1.54, 1.807) is 0 Å². The van der Waals surface area contributed by atoms with Crippen molar-refractivity contribution in [2.45, 2.75) is 88.0 Å². The van der Waals surface area contributed by atoms with Gasteiger partial charge in [0, 0.05) is 17.4 Å². The van der Waals surface area contributed by atoms with Gasteiger partial charge in [0.2, 0.25) is 8.01 Å². The molecule has 0 saturated carbocycles. The number of rotatable bonds is 4. The van der Waals surface area contributed by atoms with Crippen molar-refractivity contribution in [3.05, 3.63) is 181 Å². The topological polar surface area (TPSA) is 26.3 Å². The Morgan fingerprint density at radius 2 is 1.37 bits per heavy atom. The van der Waals surface area contributed by atoms with E-state index >= 15 is 0 Å². The Kier molecular flexibility index (Phi) is 20.5. The first-order valence-corrected chi connectivity index (χ1v) is 22.5. The van der Waals surface area contributed by atoms with Crippen LogP contribution in [0, 0.1) is 11.8 Å². The summed E-state index contributed by atoms with van der Waals surface area (Å²) in [5, 5.41) is 7.07. The van der Waals surface area contributed by atoms with Gasteiger partial charge in [0.15, 0.2) is 0 Å². The molecule has 0 fully saturated rings. The number of hydrogen-bond donors (Lipinski definition) is 0. The zero-order chi connectivity index (χ0) is 41.6. The van der Waals surface area contributed by atoms with Gasteiger partial charge in [0.05, 0.1) is 0 Å². The van der Waals surface area contributed by atoms with Crippen molar-refractivity contribution < 1.29 is 8.39 Å². The lowest BCUT2D eigenvalue weighted by atomic mass is 9.97. The highest BCUT2D eigenvalue weighted by atomic mass is 31.1. The van der Waals surface area contributed by atoms with Crippen LogP contribution in [0.2, 0.25) is 0 Å². The number of aryl methyl sites for hydroxylation is 1. The average molecular weight is 779 g/mol. The maximum Gasteiger partial charge on any atom is 0.213 e. The van der Waals surface area contributed by atoms with Gasteiger partial charge >= 0.3 is 0 Å². The first-order valence-electron chi connectivity index (χ1n) is 20.9. The van der Waals surface area contributed by atoms with Crippen LogP contribution in [-0.4, -0.2) is 0 Å². The summed E-state index contributed by atoms with van der Waals surface area (Å²) >= 11 is 0. The third-order valence-corrected chi connectivity index (χ3v) is 10.2. The molecule has 3 heteroatoms. The van der Waals surface area contributed by atoms with Crippen molar-refractivity contribution in [2.24, 2.45) is 18.5 Å². The zero-order valence-corrected chi connectivity index (χ0v) is 37.3. The van der Waals surface area contributed by atoms with Crippen LogP contribution < -0.4 is 0 Å². The molecule has 57 heavy (non-hydrogen) atoms. The molecule has 0 spiro atoms. The van der Waals surface area contributed by atoms with Crippen molar-refractivity contribution >= 4 is 51.5 Å². The summed E-state index contributed by atoms with van der Waals surface area (Å²) in [5.74, 6) is 1.14. The molecular formula is C54H67O2P. The second kappa shape index (κ2) is 25.3. The lowest BCUT2D eigenvalue weighted by Crippen LogP contribution is -1.94. The van der Waals surface area contributed by atoms with Crippen LogP contribution in [-0.2, 0) is 6.66 Å². The van der Waals surface area contributed by atoms with Crippen molar-refractivity contribution in [3.8, 4) is 0 Å². The number of hydrogen-bond acceptors (Lipinski definition) is 2. The van der Waals surface area contributed by atoms with Crippen molar-refractivity contribution in [1.82, 2.24) is 0 Å². The van der Waals surface area contributed by atoms with Crippen LogP contribution in [0.4, 0.5) is 0 Å². The predicted molar refractivity (Wildman–Crippen MR) is 258 cm³/mol. The average Bonchev–Trinajstić information content (AvgIpc) is 3.50. The summed E-state index contributed by atoms with van der Waals surface area (Å²) in [6.45, 7) is 25.0. The van der Waals surface area contributed by atoms with Gasteiger partial charge in [-0.15, -0.1) is 0 Å². The fourth-order valence-corrected chi connectivity index (χ4v) is 7.38. The largest absolute Gasteiger partial charge is 0.419 e. The van der Waals surface area contributed by atoms with Gasteiger partial charge in [-0.2, -0.15) is 0 Å². The molecule has 0 radical (unpaired) electrons. The summed E-state index contributed by atoms with van der Waals surface area (Å²) in [6, 6.07) is 25.3. The van der Waals surface area contributed by atoms with Gasteiger partial charge in [-0.25, -0.2) is 0 Å². The smallest absolute Gasteiger partial charge is 0.213 e. The SMILES string of the molecule is C=C/C=C\C1=CCC=C(CC)C=C1C.CC.CC1/C=C\C=C/C/C=C\C(C(C)C)=C/1.CCC.Cp1oc2ccc3ccccc3c2c2c(ccc3ccccc32)o1. The monoisotopic (exact) mass is 778 g/mol. The van der Waals surface area contributed by atoms with E-state index < -0.39 is 8.01 Å². The summed E-state index contributed by atoms with van der Waals surface area (Å²) in [7, 11) is -1.00. The molecule has 0 aliphatic heterocycles. The third-order valence-electron chi connectivity index (χ3n) is 9.25. The Morgan fingerprint density at radius 3 is 1.91 bits per heavy atom. The summed E-state index contributed by atoms with van der Waals surface area (Å²) in [5.41, 5.74) is 7.33. The summed E-state index contributed by atoms with van der Waals surface area (Å²) in [4.78, 5) is 0. The molecular weight excluding hydrogens is 712 g/mol. The van der Waals surface area contributed by atoms with Gasteiger partial charge in [-0.05, 0) is 88.4 Å².